The SMILES string of the molecule is CC(=O)c1ccc(C(=O)Nc2ccc(Nc3cc(Nc4cc(C)ccn4)nc(C)n3)cc2)cc1. The van der Waals surface area contributed by atoms with Crippen molar-refractivity contribution in [3.63, 3.8) is 0 Å². The maximum absolute atomic E-state index is 12.5. The summed E-state index contributed by atoms with van der Waals surface area (Å²) in [6.45, 7) is 5.31. The number of ketones is 1. The summed E-state index contributed by atoms with van der Waals surface area (Å²) in [4.78, 5) is 37.0. The normalized spacial score (nSPS) is 10.4. The summed E-state index contributed by atoms with van der Waals surface area (Å²) < 4.78 is 0. The van der Waals surface area contributed by atoms with E-state index in [4.69, 9.17) is 0 Å². The van der Waals surface area contributed by atoms with E-state index in [-0.39, 0.29) is 11.7 Å². The molecule has 170 valence electrons. The number of pyridine rings is 1. The number of hydrogen-bond acceptors (Lipinski definition) is 7. The first-order valence-electron chi connectivity index (χ1n) is 10.7. The van der Waals surface area contributed by atoms with E-state index in [1.54, 1.807) is 48.7 Å². The first-order chi connectivity index (χ1) is 16.4. The highest BCUT2D eigenvalue weighted by Crippen LogP contribution is 2.22. The van der Waals surface area contributed by atoms with Crippen LogP contribution in [0, 0.1) is 13.8 Å². The Morgan fingerprint density at radius 1 is 0.706 bits per heavy atom. The van der Waals surface area contributed by atoms with Crippen molar-refractivity contribution in [1.82, 2.24) is 15.0 Å². The molecule has 4 rings (SSSR count). The van der Waals surface area contributed by atoms with E-state index in [0.29, 0.717) is 40.1 Å². The highest BCUT2D eigenvalue weighted by molar-refractivity contribution is 6.05. The van der Waals surface area contributed by atoms with Crippen LogP contribution in [-0.4, -0.2) is 26.6 Å². The summed E-state index contributed by atoms with van der Waals surface area (Å²) in [5, 5.41) is 9.31. The van der Waals surface area contributed by atoms with Gasteiger partial charge in [0.1, 0.15) is 23.3 Å². The van der Waals surface area contributed by atoms with Crippen LogP contribution >= 0.6 is 0 Å². The average Bonchev–Trinajstić information content (AvgIpc) is 2.80. The first kappa shape index (κ1) is 22.6. The van der Waals surface area contributed by atoms with Crippen LogP contribution in [0.25, 0.3) is 0 Å². The molecule has 0 aliphatic heterocycles. The monoisotopic (exact) mass is 452 g/mol. The number of hydrogen-bond donors (Lipinski definition) is 3. The molecule has 8 heteroatoms. The van der Waals surface area contributed by atoms with E-state index in [1.807, 2.05) is 38.1 Å². The Hall–Kier alpha value is -4.59. The van der Waals surface area contributed by atoms with Gasteiger partial charge in [-0.25, -0.2) is 15.0 Å². The lowest BCUT2D eigenvalue weighted by molar-refractivity contribution is 0.101. The first-order valence-corrected chi connectivity index (χ1v) is 10.7. The lowest BCUT2D eigenvalue weighted by Gasteiger charge is -2.11. The molecule has 2 aromatic heterocycles. The molecule has 2 heterocycles. The van der Waals surface area contributed by atoms with Gasteiger partial charge in [0, 0.05) is 34.8 Å². The number of rotatable bonds is 7. The predicted molar refractivity (Wildman–Crippen MR) is 133 cm³/mol. The molecular weight excluding hydrogens is 428 g/mol. The number of amides is 1. The summed E-state index contributed by atoms with van der Waals surface area (Å²) in [6.07, 6.45) is 1.74. The van der Waals surface area contributed by atoms with Crippen LogP contribution in [0.4, 0.5) is 28.8 Å². The molecule has 0 aliphatic rings. The van der Waals surface area contributed by atoms with Gasteiger partial charge in [-0.1, -0.05) is 12.1 Å². The molecule has 34 heavy (non-hydrogen) atoms. The molecule has 0 unspecified atom stereocenters. The van der Waals surface area contributed by atoms with Crippen molar-refractivity contribution < 1.29 is 9.59 Å². The van der Waals surface area contributed by atoms with E-state index in [1.165, 1.54) is 6.92 Å². The van der Waals surface area contributed by atoms with Crippen molar-refractivity contribution in [2.24, 2.45) is 0 Å². The third-order valence-corrected chi connectivity index (χ3v) is 4.98. The lowest BCUT2D eigenvalue weighted by atomic mass is 10.1. The molecule has 1 amide bonds. The molecule has 3 N–H and O–H groups in total. The third kappa shape index (κ3) is 5.80. The Morgan fingerprint density at radius 3 is 1.97 bits per heavy atom. The number of anilines is 5. The average molecular weight is 453 g/mol. The smallest absolute Gasteiger partial charge is 0.255 e. The van der Waals surface area contributed by atoms with Crippen molar-refractivity contribution in [3.8, 4) is 0 Å². The maximum atomic E-state index is 12.5. The van der Waals surface area contributed by atoms with Crippen LogP contribution in [0.1, 0.15) is 39.0 Å². The van der Waals surface area contributed by atoms with Crippen molar-refractivity contribution >= 4 is 40.5 Å². The summed E-state index contributed by atoms with van der Waals surface area (Å²) in [5.74, 6) is 2.30. The van der Waals surface area contributed by atoms with Crippen LogP contribution in [0.3, 0.4) is 0 Å². The van der Waals surface area contributed by atoms with Gasteiger partial charge in [-0.2, -0.15) is 0 Å². The Kier molecular flexibility index (Phi) is 6.59. The van der Waals surface area contributed by atoms with Crippen molar-refractivity contribution in [1.29, 1.82) is 0 Å². The Bertz CT molecular complexity index is 1330. The van der Waals surface area contributed by atoms with Gasteiger partial charge in [-0.3, -0.25) is 9.59 Å². The number of benzene rings is 2. The minimum absolute atomic E-state index is 0.0383. The highest BCUT2D eigenvalue weighted by Gasteiger charge is 2.08. The predicted octanol–water partition coefficient (Wildman–Crippen LogP) is 5.43. The zero-order valence-electron chi connectivity index (χ0n) is 19.1. The van der Waals surface area contributed by atoms with Crippen LogP contribution in [0.15, 0.2) is 72.9 Å². The Labute approximate surface area is 197 Å². The molecule has 0 atom stereocenters. The summed E-state index contributed by atoms with van der Waals surface area (Å²) >= 11 is 0. The van der Waals surface area contributed by atoms with Gasteiger partial charge in [0.25, 0.3) is 5.91 Å². The number of aromatic nitrogens is 3. The fourth-order valence-corrected chi connectivity index (χ4v) is 3.28. The molecule has 0 aliphatic carbocycles. The minimum Gasteiger partial charge on any atom is -0.340 e. The number of carbonyl (C=O) groups excluding carboxylic acids is 2. The topological polar surface area (TPSA) is 109 Å². The standard InChI is InChI=1S/C26H24N6O2/c1-16-12-13-27-23(14-16)32-25-15-24(28-18(3)29-25)30-21-8-10-22(11-9-21)31-26(34)20-6-4-19(5-7-20)17(2)33/h4-15H,1-3H3,(H,31,34)(H2,27,28,29,30,32). The molecule has 4 aromatic rings. The second kappa shape index (κ2) is 9.91. The van der Waals surface area contributed by atoms with Crippen LogP contribution < -0.4 is 16.0 Å². The van der Waals surface area contributed by atoms with Crippen molar-refractivity contribution in [3.05, 3.63) is 95.4 Å². The van der Waals surface area contributed by atoms with E-state index in [2.05, 4.69) is 30.9 Å². The fraction of sp³-hybridized carbons (Fsp3) is 0.115. The quantitative estimate of drug-likeness (QED) is 0.321. The fourth-order valence-electron chi connectivity index (χ4n) is 3.28. The molecule has 0 saturated carbocycles. The Balaban J connectivity index is 1.41. The lowest BCUT2D eigenvalue weighted by Crippen LogP contribution is -2.12. The third-order valence-electron chi connectivity index (χ3n) is 4.98. The second-order valence-corrected chi connectivity index (χ2v) is 7.82. The molecule has 0 fully saturated rings. The van der Waals surface area contributed by atoms with Gasteiger partial charge >= 0.3 is 0 Å². The van der Waals surface area contributed by atoms with Crippen LogP contribution in [0.5, 0.6) is 0 Å². The molecule has 2 aromatic carbocycles. The zero-order chi connectivity index (χ0) is 24.1. The van der Waals surface area contributed by atoms with Gasteiger partial charge in [-0.05, 0) is 74.9 Å². The van der Waals surface area contributed by atoms with Crippen molar-refractivity contribution in [2.75, 3.05) is 16.0 Å². The van der Waals surface area contributed by atoms with Gasteiger partial charge in [0.2, 0.25) is 0 Å². The summed E-state index contributed by atoms with van der Waals surface area (Å²) in [5.41, 5.74) is 3.61. The summed E-state index contributed by atoms with van der Waals surface area (Å²) in [7, 11) is 0. The minimum atomic E-state index is -0.247. The van der Waals surface area contributed by atoms with Crippen LogP contribution in [-0.2, 0) is 0 Å². The van der Waals surface area contributed by atoms with E-state index in [9.17, 15) is 9.59 Å². The Morgan fingerprint density at radius 2 is 1.32 bits per heavy atom. The van der Waals surface area contributed by atoms with Gasteiger partial charge in [0.15, 0.2) is 5.78 Å². The maximum Gasteiger partial charge on any atom is 0.255 e. The van der Waals surface area contributed by atoms with Gasteiger partial charge < -0.3 is 16.0 Å². The van der Waals surface area contributed by atoms with E-state index >= 15 is 0 Å². The molecular formula is C26H24N6O2. The zero-order valence-corrected chi connectivity index (χ0v) is 19.1. The number of nitrogens with zero attached hydrogens (tertiary/aromatic N) is 3. The molecule has 0 saturated heterocycles. The van der Waals surface area contributed by atoms with Crippen molar-refractivity contribution in [2.45, 2.75) is 20.8 Å². The van der Waals surface area contributed by atoms with E-state index in [0.717, 1.165) is 11.3 Å². The van der Waals surface area contributed by atoms with Gasteiger partial charge in [0.05, 0.1) is 0 Å². The molecule has 8 nitrogen and oxygen atoms in total. The number of Topliss-reactive ketones (excluding diaryl/α,β-unsaturated/α-hetero) is 1. The largest absolute Gasteiger partial charge is 0.340 e. The highest BCUT2D eigenvalue weighted by atomic mass is 16.1. The van der Waals surface area contributed by atoms with Crippen LogP contribution in [0.2, 0.25) is 0 Å². The molecule has 0 spiro atoms. The summed E-state index contributed by atoms with van der Waals surface area (Å²) in [6, 6.07) is 19.5. The second-order valence-electron chi connectivity index (χ2n) is 7.82. The molecule has 0 radical (unpaired) electrons. The number of carbonyl (C=O) groups is 2. The number of aryl methyl sites for hydroxylation is 2. The molecule has 0 bridgehead atoms. The number of nitrogens with one attached hydrogen (secondary N) is 3. The van der Waals surface area contributed by atoms with E-state index < -0.39 is 0 Å². The van der Waals surface area contributed by atoms with Gasteiger partial charge in [-0.15, -0.1) is 0 Å².